The molecule has 9 nitrogen and oxygen atoms in total. The Morgan fingerprint density at radius 3 is 2.49 bits per heavy atom. The van der Waals surface area contributed by atoms with Gasteiger partial charge in [0.15, 0.2) is 10.1 Å². The number of rotatable bonds is 9. The summed E-state index contributed by atoms with van der Waals surface area (Å²) in [5, 5.41) is 20.5. The van der Waals surface area contributed by atoms with Crippen molar-refractivity contribution in [3.63, 3.8) is 0 Å². The number of nitrogens with zero attached hydrogens (tertiary/aromatic N) is 5. The molecule has 1 unspecified atom stereocenters. The minimum atomic E-state index is -1.02. The Morgan fingerprint density at radius 1 is 0.957 bits per heavy atom. The predicted octanol–water partition coefficient (Wildman–Crippen LogP) is 7.13. The van der Waals surface area contributed by atoms with Crippen LogP contribution in [0.5, 0.6) is 5.75 Å². The average Bonchev–Trinajstić information content (AvgIpc) is 3.77. The van der Waals surface area contributed by atoms with E-state index in [1.165, 1.54) is 22.7 Å². The predicted molar refractivity (Wildman–Crippen MR) is 178 cm³/mol. The molecule has 0 aliphatic carbocycles. The second-order valence-corrected chi connectivity index (χ2v) is 12.9. The largest absolute Gasteiger partial charge is 0.505 e. The van der Waals surface area contributed by atoms with Crippen LogP contribution in [0.15, 0.2) is 113 Å². The third kappa shape index (κ3) is 5.88. The Morgan fingerprint density at radius 2 is 1.70 bits per heavy atom. The minimum Gasteiger partial charge on any atom is -0.505 e. The van der Waals surface area contributed by atoms with Gasteiger partial charge in [-0.05, 0) is 53.9 Å². The summed E-state index contributed by atoms with van der Waals surface area (Å²) in [6.07, 6.45) is 1.73. The fourth-order valence-corrected chi connectivity index (χ4v) is 7.33. The second kappa shape index (κ2) is 12.8. The Bertz CT molecular complexity index is 2150. The number of aryl methyl sites for hydroxylation is 1. The van der Waals surface area contributed by atoms with Crippen LogP contribution in [0, 0.1) is 12.7 Å². The van der Waals surface area contributed by atoms with Crippen LogP contribution >= 0.6 is 23.1 Å². The zero-order valence-electron chi connectivity index (χ0n) is 24.9. The maximum Gasteiger partial charge on any atom is 0.301 e. The first-order valence-corrected chi connectivity index (χ1v) is 16.4. The molecule has 0 radical (unpaired) electrons. The van der Waals surface area contributed by atoms with E-state index >= 15 is 0 Å². The highest BCUT2D eigenvalue weighted by molar-refractivity contribution is 8.00. The highest BCUT2D eigenvalue weighted by atomic mass is 32.2. The summed E-state index contributed by atoms with van der Waals surface area (Å²) in [6, 6.07) is 27.6. The number of aromatic nitrogens is 4. The quantitative estimate of drug-likeness (QED) is 0.0572. The van der Waals surface area contributed by atoms with Crippen LogP contribution in [0.1, 0.15) is 34.1 Å². The number of aliphatic hydroxyl groups excluding tert-OH is 1. The highest BCUT2D eigenvalue weighted by Gasteiger charge is 2.49. The summed E-state index contributed by atoms with van der Waals surface area (Å²) >= 11 is 2.38. The summed E-state index contributed by atoms with van der Waals surface area (Å²) in [4.78, 5) is 33.3. The fourth-order valence-electron chi connectivity index (χ4n) is 5.47. The molecule has 0 saturated carbocycles. The van der Waals surface area contributed by atoms with E-state index in [0.717, 1.165) is 16.9 Å². The monoisotopic (exact) mass is 663 g/mol. The van der Waals surface area contributed by atoms with E-state index < -0.39 is 17.7 Å². The van der Waals surface area contributed by atoms with E-state index in [0.29, 0.717) is 50.6 Å². The second-order valence-electron chi connectivity index (χ2n) is 10.7. The summed E-state index contributed by atoms with van der Waals surface area (Å²) < 4.78 is 22.4. The van der Waals surface area contributed by atoms with Crippen molar-refractivity contribution < 1.29 is 23.8 Å². The molecule has 0 bridgehead atoms. The molecule has 1 N–H and O–H groups in total. The van der Waals surface area contributed by atoms with Gasteiger partial charge in [0, 0.05) is 11.9 Å². The fraction of sp³-hybridized carbons (Fsp3) is 0.114. The third-order valence-electron chi connectivity index (χ3n) is 7.73. The minimum absolute atomic E-state index is 0.0996. The number of fused-ring (bicyclic) bond motifs is 1. The van der Waals surface area contributed by atoms with E-state index in [1.807, 2.05) is 36.4 Å². The molecule has 1 atom stereocenters. The van der Waals surface area contributed by atoms with Gasteiger partial charge in [-0.3, -0.25) is 18.9 Å². The number of imidazole rings is 1. The van der Waals surface area contributed by atoms with Crippen molar-refractivity contribution in [3.05, 3.63) is 143 Å². The van der Waals surface area contributed by atoms with Crippen molar-refractivity contribution in [1.82, 2.24) is 19.6 Å². The van der Waals surface area contributed by atoms with E-state index in [4.69, 9.17) is 4.74 Å². The molecule has 3 aromatic heterocycles. The van der Waals surface area contributed by atoms with Crippen LogP contribution < -0.4 is 9.64 Å². The lowest BCUT2D eigenvalue weighted by molar-refractivity contribution is -0.132. The lowest BCUT2D eigenvalue weighted by atomic mass is 9.96. The number of pyridine rings is 1. The Hall–Kier alpha value is -5.33. The Labute approximate surface area is 277 Å². The van der Waals surface area contributed by atoms with Gasteiger partial charge >= 0.3 is 5.91 Å². The zero-order valence-corrected chi connectivity index (χ0v) is 26.5. The maximum absolute atomic E-state index is 14.2. The van der Waals surface area contributed by atoms with Crippen molar-refractivity contribution in [1.29, 1.82) is 0 Å². The first-order chi connectivity index (χ1) is 22.9. The van der Waals surface area contributed by atoms with Gasteiger partial charge in [0.1, 0.15) is 29.5 Å². The van der Waals surface area contributed by atoms with Gasteiger partial charge in [-0.15, -0.1) is 10.2 Å². The average molecular weight is 664 g/mol. The zero-order chi connectivity index (χ0) is 32.5. The molecule has 4 heterocycles. The molecule has 12 heteroatoms. The summed E-state index contributed by atoms with van der Waals surface area (Å²) in [5.74, 6) is -1.49. The van der Waals surface area contributed by atoms with Gasteiger partial charge in [0.2, 0.25) is 5.13 Å². The van der Waals surface area contributed by atoms with Crippen molar-refractivity contribution >= 4 is 51.3 Å². The smallest absolute Gasteiger partial charge is 0.301 e. The molecule has 1 aliphatic rings. The number of Topliss-reactive ketones (excluding diaryl/α,β-unsaturated/α-hetero) is 1. The molecule has 3 aromatic carbocycles. The number of ketones is 1. The summed E-state index contributed by atoms with van der Waals surface area (Å²) in [6.45, 7) is 2.10. The molecule has 6 aromatic rings. The van der Waals surface area contributed by atoms with Gasteiger partial charge in [0.05, 0.1) is 17.3 Å². The molecule has 234 valence electrons. The van der Waals surface area contributed by atoms with Crippen LogP contribution in [0.4, 0.5) is 9.52 Å². The summed E-state index contributed by atoms with van der Waals surface area (Å²) in [7, 11) is 0. The van der Waals surface area contributed by atoms with Crippen LogP contribution in [0.25, 0.3) is 11.4 Å². The van der Waals surface area contributed by atoms with Crippen LogP contribution in [0.3, 0.4) is 0 Å². The molecule has 1 saturated heterocycles. The normalized spacial score (nSPS) is 15.9. The van der Waals surface area contributed by atoms with E-state index in [-0.39, 0.29) is 22.3 Å². The number of hydrogen-bond acceptors (Lipinski definition) is 9. The number of hydrogen-bond donors (Lipinski definition) is 1. The molecule has 1 amide bonds. The molecule has 7 rings (SSSR count). The molecular weight excluding hydrogens is 638 g/mol. The van der Waals surface area contributed by atoms with Crippen LogP contribution in [-0.2, 0) is 21.9 Å². The number of aliphatic hydroxyl groups is 1. The number of carbonyl (C=O) groups excluding carboxylic acids is 2. The lowest BCUT2D eigenvalue weighted by Crippen LogP contribution is -2.29. The van der Waals surface area contributed by atoms with Gasteiger partial charge in [-0.2, -0.15) is 0 Å². The number of amides is 1. The Kier molecular flexibility index (Phi) is 8.27. The van der Waals surface area contributed by atoms with Gasteiger partial charge in [0.25, 0.3) is 5.78 Å². The van der Waals surface area contributed by atoms with Crippen LogP contribution in [0.2, 0.25) is 0 Å². The van der Waals surface area contributed by atoms with Crippen molar-refractivity contribution in [2.24, 2.45) is 0 Å². The number of benzene rings is 3. The molecule has 47 heavy (non-hydrogen) atoms. The van der Waals surface area contributed by atoms with E-state index in [9.17, 15) is 19.1 Å². The number of carbonyl (C=O) groups is 2. The van der Waals surface area contributed by atoms with Crippen LogP contribution in [-0.4, -0.2) is 36.4 Å². The van der Waals surface area contributed by atoms with Crippen molar-refractivity contribution in [2.45, 2.75) is 29.7 Å². The number of thioether (sulfide) groups is 1. The maximum atomic E-state index is 14.2. The molecule has 0 spiro atoms. The standard InChI is InChI=1S/C35H26FN5O4S2/c1-21-29(40-18-8-7-13-27(40)37-21)31(42)28-30(23-14-16-25(17-15-23)45-19-22-9-3-2-4-10-22)41(33(44)32(28)43)34-38-39-35(47-34)46-20-24-11-5-6-12-26(24)36/h2-18,30,42H,19-20H2,1H3. The first-order valence-electron chi connectivity index (χ1n) is 14.6. The first kappa shape index (κ1) is 30.3. The van der Waals surface area contributed by atoms with E-state index in [2.05, 4.69) is 15.2 Å². The highest BCUT2D eigenvalue weighted by Crippen LogP contribution is 2.44. The topological polar surface area (TPSA) is 110 Å². The SMILES string of the molecule is Cc1nc2ccccn2c1C(O)=C1C(=O)C(=O)N(c2nnc(SCc3ccccc3F)s2)C1c1ccc(OCc2ccccc2)cc1. The number of ether oxygens (including phenoxy) is 1. The number of halogens is 1. The molecule has 1 fully saturated rings. The third-order valence-corrected chi connectivity index (χ3v) is 9.83. The van der Waals surface area contributed by atoms with Gasteiger partial charge in [-0.25, -0.2) is 9.37 Å². The lowest BCUT2D eigenvalue weighted by Gasteiger charge is -2.22. The number of anilines is 1. The molecular formula is C35H26FN5O4S2. The van der Waals surface area contributed by atoms with Gasteiger partial charge in [-0.1, -0.05) is 89.8 Å². The molecule has 1 aliphatic heterocycles. The van der Waals surface area contributed by atoms with Crippen molar-refractivity contribution in [3.8, 4) is 5.75 Å². The summed E-state index contributed by atoms with van der Waals surface area (Å²) in [5.41, 5.74) is 3.35. The van der Waals surface area contributed by atoms with E-state index in [1.54, 1.807) is 72.1 Å². The van der Waals surface area contributed by atoms with Gasteiger partial charge < -0.3 is 9.84 Å². The Balaban J connectivity index is 1.27. The van der Waals surface area contributed by atoms with Crippen molar-refractivity contribution in [2.75, 3.05) is 4.90 Å².